The van der Waals surface area contributed by atoms with Gasteiger partial charge in [0.05, 0.1) is 5.01 Å². The molecule has 104 valence electrons. The summed E-state index contributed by atoms with van der Waals surface area (Å²) < 4.78 is 0. The lowest BCUT2D eigenvalue weighted by atomic mass is 10.3. The van der Waals surface area contributed by atoms with E-state index in [9.17, 15) is 14.4 Å². The lowest BCUT2D eigenvalue weighted by molar-refractivity contribution is -0.127. The van der Waals surface area contributed by atoms with Gasteiger partial charge in [-0.1, -0.05) is 0 Å². The smallest absolute Gasteiger partial charge is 0.355 e. The highest BCUT2D eigenvalue weighted by Gasteiger charge is 2.13. The first-order valence-electron chi connectivity index (χ1n) is 5.62. The number of rotatable bonds is 6. The third-order valence-electron chi connectivity index (χ3n) is 2.22. The largest absolute Gasteiger partial charge is 0.476 e. The van der Waals surface area contributed by atoms with Crippen LogP contribution in [0.4, 0.5) is 0 Å². The Kier molecular flexibility index (Phi) is 5.43. The summed E-state index contributed by atoms with van der Waals surface area (Å²) in [4.78, 5) is 36.8. The molecule has 1 atom stereocenters. The maximum absolute atomic E-state index is 11.5. The van der Waals surface area contributed by atoms with Gasteiger partial charge in [0, 0.05) is 25.3 Å². The predicted molar refractivity (Wildman–Crippen MR) is 69.1 cm³/mol. The third kappa shape index (κ3) is 5.04. The van der Waals surface area contributed by atoms with Crippen LogP contribution in [0.5, 0.6) is 0 Å². The van der Waals surface area contributed by atoms with E-state index in [1.807, 2.05) is 0 Å². The van der Waals surface area contributed by atoms with Crippen molar-refractivity contribution in [3.05, 3.63) is 16.1 Å². The van der Waals surface area contributed by atoms with Crippen molar-refractivity contribution in [2.24, 2.45) is 0 Å². The van der Waals surface area contributed by atoms with Gasteiger partial charge in [-0.05, 0) is 6.92 Å². The van der Waals surface area contributed by atoms with Gasteiger partial charge in [-0.25, -0.2) is 9.78 Å². The van der Waals surface area contributed by atoms with Crippen molar-refractivity contribution in [3.8, 4) is 0 Å². The molecule has 1 heterocycles. The molecule has 0 aromatic carbocycles. The van der Waals surface area contributed by atoms with E-state index in [4.69, 9.17) is 5.11 Å². The Hall–Kier alpha value is -1.96. The molecule has 3 N–H and O–H groups in total. The van der Waals surface area contributed by atoms with E-state index in [0.717, 1.165) is 0 Å². The predicted octanol–water partition coefficient (Wildman–Crippen LogP) is 0.0246. The molecule has 0 bridgehead atoms. The van der Waals surface area contributed by atoms with E-state index in [1.165, 1.54) is 23.6 Å². The Bertz CT molecular complexity index is 486. The van der Waals surface area contributed by atoms with Crippen LogP contribution < -0.4 is 10.6 Å². The van der Waals surface area contributed by atoms with Gasteiger partial charge in [0.25, 0.3) is 0 Å². The molecule has 1 aromatic heterocycles. The summed E-state index contributed by atoms with van der Waals surface area (Å²) in [5.41, 5.74) is 0.0120. The summed E-state index contributed by atoms with van der Waals surface area (Å²) in [5, 5.41) is 15.9. The van der Waals surface area contributed by atoms with Gasteiger partial charge in [0.1, 0.15) is 6.04 Å². The number of carboxylic acids is 1. The second-order valence-electron chi connectivity index (χ2n) is 3.89. The molecule has 0 aliphatic carbocycles. The maximum Gasteiger partial charge on any atom is 0.355 e. The highest BCUT2D eigenvalue weighted by atomic mass is 32.1. The molecule has 0 radical (unpaired) electrons. The first-order valence-corrected chi connectivity index (χ1v) is 6.50. The van der Waals surface area contributed by atoms with Gasteiger partial charge in [-0.3, -0.25) is 9.59 Å². The molecule has 0 fully saturated rings. The van der Waals surface area contributed by atoms with Gasteiger partial charge in [-0.15, -0.1) is 11.3 Å². The second kappa shape index (κ2) is 6.83. The Morgan fingerprint density at radius 1 is 1.47 bits per heavy atom. The van der Waals surface area contributed by atoms with Crippen LogP contribution in [0.25, 0.3) is 0 Å². The molecular weight excluding hydrogens is 270 g/mol. The summed E-state index contributed by atoms with van der Waals surface area (Å²) in [7, 11) is 0. The molecule has 1 aromatic rings. The minimum atomic E-state index is -1.06. The van der Waals surface area contributed by atoms with Crippen molar-refractivity contribution in [2.45, 2.75) is 26.3 Å². The molecule has 8 heteroatoms. The number of aromatic carboxylic acids is 1. The highest BCUT2D eigenvalue weighted by molar-refractivity contribution is 7.09. The van der Waals surface area contributed by atoms with Gasteiger partial charge >= 0.3 is 5.97 Å². The molecule has 7 nitrogen and oxygen atoms in total. The zero-order valence-corrected chi connectivity index (χ0v) is 11.4. The van der Waals surface area contributed by atoms with Crippen LogP contribution in [0.3, 0.4) is 0 Å². The fourth-order valence-electron chi connectivity index (χ4n) is 1.34. The standard InChI is InChI=1S/C11H15N3O4S/c1-6(13-7(2)15)10(16)12-4-3-9-14-8(5-19-9)11(17)18/h5-6H,3-4H2,1-2H3,(H,12,16)(H,13,15)(H,17,18). The van der Waals surface area contributed by atoms with E-state index < -0.39 is 12.0 Å². The average Bonchev–Trinajstić information content (AvgIpc) is 2.76. The fraction of sp³-hybridized carbons (Fsp3) is 0.455. The number of carboxylic acid groups (broad SMARTS) is 1. The van der Waals surface area contributed by atoms with Crippen LogP contribution in [0.15, 0.2) is 5.38 Å². The minimum absolute atomic E-state index is 0.0120. The van der Waals surface area contributed by atoms with E-state index >= 15 is 0 Å². The summed E-state index contributed by atoms with van der Waals surface area (Å²) >= 11 is 1.24. The molecule has 0 spiro atoms. The summed E-state index contributed by atoms with van der Waals surface area (Å²) in [6.07, 6.45) is 0.455. The third-order valence-corrected chi connectivity index (χ3v) is 3.13. The molecule has 2 amide bonds. The molecule has 0 saturated carbocycles. The monoisotopic (exact) mass is 285 g/mol. The van der Waals surface area contributed by atoms with E-state index in [0.29, 0.717) is 18.0 Å². The van der Waals surface area contributed by atoms with Crippen molar-refractivity contribution < 1.29 is 19.5 Å². The van der Waals surface area contributed by atoms with Gasteiger partial charge in [0.2, 0.25) is 11.8 Å². The van der Waals surface area contributed by atoms with E-state index in [1.54, 1.807) is 6.92 Å². The topological polar surface area (TPSA) is 108 Å². The van der Waals surface area contributed by atoms with E-state index in [2.05, 4.69) is 15.6 Å². The van der Waals surface area contributed by atoms with Crippen LogP contribution in [-0.2, 0) is 16.0 Å². The van der Waals surface area contributed by atoms with Crippen LogP contribution in [-0.4, -0.2) is 40.5 Å². The number of carbonyl (C=O) groups excluding carboxylic acids is 2. The molecule has 0 aliphatic rings. The SMILES string of the molecule is CC(=O)NC(C)C(=O)NCCc1nc(C(=O)O)cs1. The molecule has 0 aliphatic heterocycles. The number of amides is 2. The number of nitrogens with zero attached hydrogens (tertiary/aromatic N) is 1. The first kappa shape index (κ1) is 15.1. The zero-order chi connectivity index (χ0) is 14.4. The first-order chi connectivity index (χ1) is 8.90. The molecule has 19 heavy (non-hydrogen) atoms. The fourth-order valence-corrected chi connectivity index (χ4v) is 2.11. The number of nitrogens with one attached hydrogen (secondary N) is 2. The highest BCUT2D eigenvalue weighted by Crippen LogP contribution is 2.09. The van der Waals surface area contributed by atoms with Crippen molar-refractivity contribution in [1.82, 2.24) is 15.6 Å². The summed E-state index contributed by atoms with van der Waals surface area (Å²) in [5.74, 6) is -1.62. The van der Waals surface area contributed by atoms with E-state index in [-0.39, 0.29) is 17.5 Å². The summed E-state index contributed by atoms with van der Waals surface area (Å²) in [6.45, 7) is 3.27. The van der Waals surface area contributed by atoms with Crippen LogP contribution in [0.2, 0.25) is 0 Å². The maximum atomic E-state index is 11.5. The lowest BCUT2D eigenvalue weighted by Crippen LogP contribution is -2.44. The molecule has 1 unspecified atom stereocenters. The second-order valence-corrected chi connectivity index (χ2v) is 4.84. The Morgan fingerprint density at radius 2 is 2.16 bits per heavy atom. The average molecular weight is 285 g/mol. The minimum Gasteiger partial charge on any atom is -0.476 e. The Labute approximate surface area is 114 Å². The molecule has 1 rings (SSSR count). The quantitative estimate of drug-likeness (QED) is 0.683. The van der Waals surface area contributed by atoms with Crippen molar-refractivity contribution in [3.63, 3.8) is 0 Å². The number of aromatic nitrogens is 1. The van der Waals surface area contributed by atoms with Crippen LogP contribution >= 0.6 is 11.3 Å². The van der Waals surface area contributed by atoms with Crippen molar-refractivity contribution in [1.29, 1.82) is 0 Å². The van der Waals surface area contributed by atoms with Gasteiger partial charge < -0.3 is 15.7 Å². The number of hydrogen-bond acceptors (Lipinski definition) is 5. The lowest BCUT2D eigenvalue weighted by Gasteiger charge is -2.12. The van der Waals surface area contributed by atoms with Crippen molar-refractivity contribution in [2.75, 3.05) is 6.54 Å². The number of thiazole rings is 1. The number of hydrogen-bond donors (Lipinski definition) is 3. The summed E-state index contributed by atoms with van der Waals surface area (Å²) in [6, 6.07) is -0.594. The zero-order valence-electron chi connectivity index (χ0n) is 10.6. The number of carbonyl (C=O) groups is 3. The Morgan fingerprint density at radius 3 is 2.68 bits per heavy atom. The van der Waals surface area contributed by atoms with Gasteiger partial charge in [-0.2, -0.15) is 0 Å². The molecule has 0 saturated heterocycles. The van der Waals surface area contributed by atoms with Crippen molar-refractivity contribution >= 4 is 29.1 Å². The molecular formula is C11H15N3O4S. The van der Waals surface area contributed by atoms with Gasteiger partial charge in [0.15, 0.2) is 5.69 Å². The Balaban J connectivity index is 2.35. The normalized spacial score (nSPS) is 11.7. The van der Waals surface area contributed by atoms with Crippen LogP contribution in [0.1, 0.15) is 29.3 Å². The van der Waals surface area contributed by atoms with Crippen LogP contribution in [0, 0.1) is 0 Å².